The second-order valence-electron chi connectivity index (χ2n) is 3.92. The van der Waals surface area contributed by atoms with Crippen molar-refractivity contribution >= 4 is 5.91 Å². The summed E-state index contributed by atoms with van der Waals surface area (Å²) >= 11 is 0. The number of nitrogens with two attached hydrogens (primary N) is 1. The van der Waals surface area contributed by atoms with Crippen LogP contribution >= 0.6 is 0 Å². The fourth-order valence-corrected chi connectivity index (χ4v) is 2.02. The number of amides is 1. The molecule has 0 bridgehead atoms. The summed E-state index contributed by atoms with van der Waals surface area (Å²) in [5, 5.41) is 0. The molecule has 0 saturated heterocycles. The lowest BCUT2D eigenvalue weighted by Gasteiger charge is -2.12. The SMILES string of the molecule is CCCc1cc(C)cc(C(N)=O)c1CC. The summed E-state index contributed by atoms with van der Waals surface area (Å²) in [5.74, 6) is -0.312. The molecule has 0 aromatic heterocycles. The van der Waals surface area contributed by atoms with Crippen LogP contribution in [0.4, 0.5) is 0 Å². The van der Waals surface area contributed by atoms with Gasteiger partial charge in [-0.15, -0.1) is 0 Å². The fourth-order valence-electron chi connectivity index (χ4n) is 2.02. The molecule has 0 radical (unpaired) electrons. The smallest absolute Gasteiger partial charge is 0.248 e. The van der Waals surface area contributed by atoms with E-state index < -0.39 is 0 Å². The highest BCUT2D eigenvalue weighted by Crippen LogP contribution is 2.19. The van der Waals surface area contributed by atoms with E-state index >= 15 is 0 Å². The Balaban J connectivity index is 3.31. The Labute approximate surface area is 91.5 Å². The minimum atomic E-state index is -0.312. The highest BCUT2D eigenvalue weighted by Gasteiger charge is 2.11. The lowest BCUT2D eigenvalue weighted by molar-refractivity contribution is 0.0999. The maximum Gasteiger partial charge on any atom is 0.248 e. The minimum absolute atomic E-state index is 0.312. The third kappa shape index (κ3) is 2.58. The number of primary amides is 1. The van der Waals surface area contributed by atoms with E-state index in [-0.39, 0.29) is 5.91 Å². The van der Waals surface area contributed by atoms with Gasteiger partial charge in [-0.1, -0.05) is 31.9 Å². The van der Waals surface area contributed by atoms with Gasteiger partial charge >= 0.3 is 0 Å². The molecule has 0 saturated carbocycles. The number of carbonyl (C=O) groups excluding carboxylic acids is 1. The van der Waals surface area contributed by atoms with Gasteiger partial charge in [-0.3, -0.25) is 4.79 Å². The highest BCUT2D eigenvalue weighted by atomic mass is 16.1. The molecule has 15 heavy (non-hydrogen) atoms. The zero-order chi connectivity index (χ0) is 11.4. The van der Waals surface area contributed by atoms with Crippen LogP contribution in [0.1, 0.15) is 47.3 Å². The highest BCUT2D eigenvalue weighted by molar-refractivity contribution is 5.95. The average molecular weight is 205 g/mol. The average Bonchev–Trinajstić information content (AvgIpc) is 2.17. The van der Waals surface area contributed by atoms with Crippen LogP contribution in [0, 0.1) is 6.92 Å². The Kier molecular flexibility index (Phi) is 3.89. The monoisotopic (exact) mass is 205 g/mol. The van der Waals surface area contributed by atoms with Crippen LogP contribution in [-0.4, -0.2) is 5.91 Å². The van der Waals surface area contributed by atoms with Crippen molar-refractivity contribution in [3.8, 4) is 0 Å². The molecule has 1 amide bonds. The summed E-state index contributed by atoms with van der Waals surface area (Å²) < 4.78 is 0. The van der Waals surface area contributed by atoms with E-state index in [1.54, 1.807) is 0 Å². The number of rotatable bonds is 4. The van der Waals surface area contributed by atoms with E-state index in [1.807, 2.05) is 13.0 Å². The first-order valence-corrected chi connectivity index (χ1v) is 5.52. The Bertz CT molecular complexity index is 369. The molecule has 1 aromatic rings. The molecule has 0 aliphatic rings. The summed E-state index contributed by atoms with van der Waals surface area (Å²) in [6, 6.07) is 4.05. The predicted octanol–water partition coefficient (Wildman–Crippen LogP) is 2.61. The van der Waals surface area contributed by atoms with Gasteiger partial charge in [0.2, 0.25) is 5.91 Å². The first-order chi connectivity index (χ1) is 7.10. The van der Waals surface area contributed by atoms with Crippen LogP contribution in [0.3, 0.4) is 0 Å². The molecule has 2 N–H and O–H groups in total. The lowest BCUT2D eigenvalue weighted by atomic mass is 9.93. The molecule has 0 fully saturated rings. The predicted molar refractivity (Wildman–Crippen MR) is 63.1 cm³/mol. The van der Waals surface area contributed by atoms with Crippen LogP contribution in [0.25, 0.3) is 0 Å². The number of carbonyl (C=O) groups is 1. The van der Waals surface area contributed by atoms with Crippen molar-refractivity contribution in [2.75, 3.05) is 0 Å². The normalized spacial score (nSPS) is 10.3. The van der Waals surface area contributed by atoms with Crippen LogP contribution in [0.15, 0.2) is 12.1 Å². The van der Waals surface area contributed by atoms with E-state index in [0.29, 0.717) is 5.56 Å². The Morgan fingerprint density at radius 1 is 1.33 bits per heavy atom. The number of hydrogen-bond acceptors (Lipinski definition) is 1. The maximum atomic E-state index is 11.3. The maximum absolute atomic E-state index is 11.3. The fraction of sp³-hybridized carbons (Fsp3) is 0.462. The Morgan fingerprint density at radius 3 is 2.47 bits per heavy atom. The zero-order valence-electron chi connectivity index (χ0n) is 9.76. The minimum Gasteiger partial charge on any atom is -0.366 e. The third-order valence-electron chi connectivity index (χ3n) is 2.62. The van der Waals surface area contributed by atoms with E-state index in [9.17, 15) is 4.79 Å². The third-order valence-corrected chi connectivity index (χ3v) is 2.62. The summed E-state index contributed by atoms with van der Waals surface area (Å²) in [6.07, 6.45) is 2.98. The van der Waals surface area contributed by atoms with Crippen LogP contribution in [0.5, 0.6) is 0 Å². The first-order valence-electron chi connectivity index (χ1n) is 5.52. The molecule has 0 unspecified atom stereocenters. The van der Waals surface area contributed by atoms with Crippen molar-refractivity contribution in [2.24, 2.45) is 5.73 Å². The summed E-state index contributed by atoms with van der Waals surface area (Å²) in [7, 11) is 0. The van der Waals surface area contributed by atoms with Gasteiger partial charge in [-0.25, -0.2) is 0 Å². The van der Waals surface area contributed by atoms with E-state index in [2.05, 4.69) is 19.9 Å². The first kappa shape index (κ1) is 11.8. The topological polar surface area (TPSA) is 43.1 Å². The molecular formula is C13H19NO. The van der Waals surface area contributed by atoms with Crippen molar-refractivity contribution in [1.82, 2.24) is 0 Å². The van der Waals surface area contributed by atoms with Crippen molar-refractivity contribution in [3.05, 3.63) is 34.4 Å². The van der Waals surface area contributed by atoms with E-state index in [0.717, 1.165) is 30.4 Å². The molecule has 0 atom stereocenters. The Hall–Kier alpha value is -1.31. The second-order valence-corrected chi connectivity index (χ2v) is 3.92. The van der Waals surface area contributed by atoms with Gasteiger partial charge in [0.1, 0.15) is 0 Å². The number of hydrogen-bond donors (Lipinski definition) is 1. The van der Waals surface area contributed by atoms with Gasteiger partial charge in [-0.2, -0.15) is 0 Å². The standard InChI is InChI=1S/C13H19NO/c1-4-6-10-7-9(3)8-12(13(14)15)11(10)5-2/h7-8H,4-6H2,1-3H3,(H2,14,15). The molecule has 1 rings (SSSR count). The zero-order valence-corrected chi connectivity index (χ0v) is 9.76. The molecule has 0 heterocycles. The molecule has 0 aliphatic carbocycles. The molecule has 0 aliphatic heterocycles. The molecular weight excluding hydrogens is 186 g/mol. The number of aryl methyl sites for hydroxylation is 2. The molecule has 1 aromatic carbocycles. The van der Waals surface area contributed by atoms with E-state index in [4.69, 9.17) is 5.73 Å². The van der Waals surface area contributed by atoms with Gasteiger partial charge in [0.25, 0.3) is 0 Å². The van der Waals surface area contributed by atoms with Crippen molar-refractivity contribution in [1.29, 1.82) is 0 Å². The van der Waals surface area contributed by atoms with Gasteiger partial charge < -0.3 is 5.73 Å². The molecule has 2 heteroatoms. The van der Waals surface area contributed by atoms with Crippen LogP contribution < -0.4 is 5.73 Å². The second kappa shape index (κ2) is 4.96. The van der Waals surface area contributed by atoms with Crippen molar-refractivity contribution in [3.63, 3.8) is 0 Å². The van der Waals surface area contributed by atoms with Gasteiger partial charge in [0, 0.05) is 5.56 Å². The summed E-state index contributed by atoms with van der Waals surface area (Å²) in [4.78, 5) is 11.3. The Morgan fingerprint density at radius 2 is 2.00 bits per heavy atom. The van der Waals surface area contributed by atoms with Crippen LogP contribution in [0.2, 0.25) is 0 Å². The van der Waals surface area contributed by atoms with Crippen molar-refractivity contribution < 1.29 is 4.79 Å². The lowest BCUT2D eigenvalue weighted by Crippen LogP contribution is -2.15. The van der Waals surface area contributed by atoms with Gasteiger partial charge in [0.15, 0.2) is 0 Å². The van der Waals surface area contributed by atoms with Crippen molar-refractivity contribution in [2.45, 2.75) is 40.0 Å². The largest absolute Gasteiger partial charge is 0.366 e. The quantitative estimate of drug-likeness (QED) is 0.806. The number of benzene rings is 1. The van der Waals surface area contributed by atoms with E-state index in [1.165, 1.54) is 5.56 Å². The molecule has 0 spiro atoms. The molecule has 2 nitrogen and oxygen atoms in total. The van der Waals surface area contributed by atoms with Gasteiger partial charge in [0.05, 0.1) is 0 Å². The summed E-state index contributed by atoms with van der Waals surface area (Å²) in [6.45, 7) is 6.22. The van der Waals surface area contributed by atoms with Gasteiger partial charge in [-0.05, 0) is 37.0 Å². The molecule has 82 valence electrons. The summed E-state index contributed by atoms with van der Waals surface area (Å²) in [5.41, 5.74) is 9.59. The van der Waals surface area contributed by atoms with Crippen LogP contribution in [-0.2, 0) is 12.8 Å².